The van der Waals surface area contributed by atoms with Crippen molar-refractivity contribution in [2.75, 3.05) is 6.61 Å². The first-order chi connectivity index (χ1) is 5.21. The number of nitrogens with one attached hydrogen (secondary N) is 1. The van der Waals surface area contributed by atoms with E-state index in [0.717, 1.165) is 0 Å². The van der Waals surface area contributed by atoms with Gasteiger partial charge in [0.2, 0.25) is 0 Å². The predicted molar refractivity (Wildman–Crippen MR) is 38.9 cm³/mol. The zero-order chi connectivity index (χ0) is 8.32. The van der Waals surface area contributed by atoms with Crippen molar-refractivity contribution in [2.24, 2.45) is 0 Å². The number of aliphatic hydroxyl groups is 1. The molecule has 0 bridgehead atoms. The number of rotatable bonds is 2. The van der Waals surface area contributed by atoms with Gasteiger partial charge < -0.3 is 15.5 Å². The summed E-state index contributed by atoms with van der Waals surface area (Å²) in [5.41, 5.74) is -1.32. The van der Waals surface area contributed by atoms with Crippen molar-refractivity contribution in [3.8, 4) is 0 Å². The van der Waals surface area contributed by atoms with Crippen LogP contribution in [0, 0.1) is 0 Å². The molecular formula is C7H9NO3. The van der Waals surface area contributed by atoms with E-state index < -0.39 is 18.1 Å². The number of hydrogen-bond donors (Lipinski definition) is 3. The maximum Gasteiger partial charge on any atom is 0.335 e. The van der Waals surface area contributed by atoms with Crippen molar-refractivity contribution in [2.45, 2.75) is 5.54 Å². The number of dihydropyridines is 1. The second kappa shape index (κ2) is 2.75. The summed E-state index contributed by atoms with van der Waals surface area (Å²) in [5.74, 6) is -1.08. The lowest BCUT2D eigenvalue weighted by atomic mass is 9.99. The third-order valence-corrected chi connectivity index (χ3v) is 1.56. The number of hydrogen-bond acceptors (Lipinski definition) is 3. The fourth-order valence-corrected chi connectivity index (χ4v) is 0.819. The Bertz CT molecular complexity index is 222. The van der Waals surface area contributed by atoms with E-state index in [1.807, 2.05) is 0 Å². The van der Waals surface area contributed by atoms with E-state index in [1.54, 1.807) is 12.2 Å². The van der Waals surface area contributed by atoms with Crippen LogP contribution in [0.5, 0.6) is 0 Å². The number of carbonyl (C=O) groups is 1. The molecule has 11 heavy (non-hydrogen) atoms. The monoisotopic (exact) mass is 155 g/mol. The van der Waals surface area contributed by atoms with Crippen molar-refractivity contribution in [3.05, 3.63) is 24.4 Å². The van der Waals surface area contributed by atoms with Crippen molar-refractivity contribution in [1.82, 2.24) is 5.32 Å². The fourth-order valence-electron chi connectivity index (χ4n) is 0.819. The van der Waals surface area contributed by atoms with E-state index in [9.17, 15) is 4.79 Å². The molecule has 0 aliphatic carbocycles. The van der Waals surface area contributed by atoms with Crippen molar-refractivity contribution in [3.63, 3.8) is 0 Å². The lowest BCUT2D eigenvalue weighted by molar-refractivity contribution is -0.143. The second-order valence-electron chi connectivity index (χ2n) is 2.30. The number of carboxylic acids is 1. The highest BCUT2D eigenvalue weighted by atomic mass is 16.4. The average Bonchev–Trinajstić information content (AvgIpc) is 2.05. The first-order valence-electron chi connectivity index (χ1n) is 3.17. The van der Waals surface area contributed by atoms with E-state index >= 15 is 0 Å². The maximum atomic E-state index is 10.6. The van der Waals surface area contributed by atoms with E-state index in [0.29, 0.717) is 0 Å². The normalized spacial score (nSPS) is 28.1. The van der Waals surface area contributed by atoms with Gasteiger partial charge >= 0.3 is 5.97 Å². The van der Waals surface area contributed by atoms with Gasteiger partial charge in [-0.1, -0.05) is 6.08 Å². The molecule has 0 fully saturated rings. The SMILES string of the molecule is O=C(O)C1(CO)C=CC=CN1. The Morgan fingerprint density at radius 1 is 1.55 bits per heavy atom. The Hall–Kier alpha value is -1.29. The van der Waals surface area contributed by atoms with Crippen LogP contribution in [0.3, 0.4) is 0 Å². The molecule has 0 saturated heterocycles. The summed E-state index contributed by atoms with van der Waals surface area (Å²) in [6, 6.07) is 0. The molecule has 0 aromatic rings. The summed E-state index contributed by atoms with van der Waals surface area (Å²) >= 11 is 0. The number of allylic oxidation sites excluding steroid dienone is 2. The van der Waals surface area contributed by atoms with Gasteiger partial charge in [-0.15, -0.1) is 0 Å². The number of aliphatic hydroxyl groups excluding tert-OH is 1. The van der Waals surface area contributed by atoms with E-state index in [-0.39, 0.29) is 0 Å². The van der Waals surface area contributed by atoms with Crippen LogP contribution in [0.15, 0.2) is 24.4 Å². The Balaban J connectivity index is 2.85. The van der Waals surface area contributed by atoms with Gasteiger partial charge in [-0.05, 0) is 18.4 Å². The lowest BCUT2D eigenvalue weighted by Gasteiger charge is -2.25. The van der Waals surface area contributed by atoms with Gasteiger partial charge in [0.15, 0.2) is 5.54 Å². The topological polar surface area (TPSA) is 69.6 Å². The van der Waals surface area contributed by atoms with Crippen LogP contribution in [-0.2, 0) is 4.79 Å². The molecule has 1 unspecified atom stereocenters. The summed E-state index contributed by atoms with van der Waals surface area (Å²) < 4.78 is 0. The highest BCUT2D eigenvalue weighted by Gasteiger charge is 2.34. The summed E-state index contributed by atoms with van der Waals surface area (Å²) in [5, 5.41) is 20.0. The van der Waals surface area contributed by atoms with E-state index in [2.05, 4.69) is 5.32 Å². The van der Waals surface area contributed by atoms with Crippen LogP contribution >= 0.6 is 0 Å². The summed E-state index contributed by atoms with van der Waals surface area (Å²) in [6.07, 6.45) is 6.15. The van der Waals surface area contributed by atoms with Gasteiger partial charge in [-0.3, -0.25) is 0 Å². The first kappa shape index (κ1) is 7.81. The Morgan fingerprint density at radius 2 is 2.27 bits per heavy atom. The van der Waals surface area contributed by atoms with Gasteiger partial charge in [-0.2, -0.15) is 0 Å². The Kier molecular flexibility index (Phi) is 1.96. The molecule has 0 saturated carbocycles. The standard InChI is InChI=1S/C7H9NO3/c9-5-7(6(10)11)3-1-2-4-8-7/h1-4,8-9H,5H2,(H,10,11). The quantitative estimate of drug-likeness (QED) is 0.501. The van der Waals surface area contributed by atoms with Crippen LogP contribution in [0.1, 0.15) is 0 Å². The maximum absolute atomic E-state index is 10.6. The molecule has 1 aliphatic rings. The number of aliphatic carboxylic acids is 1. The molecule has 3 N–H and O–H groups in total. The minimum Gasteiger partial charge on any atom is -0.479 e. The van der Waals surface area contributed by atoms with E-state index in [1.165, 1.54) is 12.3 Å². The molecule has 1 heterocycles. The molecule has 1 atom stereocenters. The summed E-state index contributed by atoms with van der Waals surface area (Å²) in [6.45, 7) is -0.455. The van der Waals surface area contributed by atoms with Crippen LogP contribution in [0.4, 0.5) is 0 Å². The van der Waals surface area contributed by atoms with Gasteiger partial charge in [0.25, 0.3) is 0 Å². The van der Waals surface area contributed by atoms with Crippen molar-refractivity contribution < 1.29 is 15.0 Å². The third kappa shape index (κ3) is 1.25. The van der Waals surface area contributed by atoms with Crippen LogP contribution in [0.25, 0.3) is 0 Å². The fraction of sp³-hybridized carbons (Fsp3) is 0.286. The molecule has 0 aromatic carbocycles. The van der Waals surface area contributed by atoms with Gasteiger partial charge in [0.1, 0.15) is 0 Å². The van der Waals surface area contributed by atoms with Crippen molar-refractivity contribution in [1.29, 1.82) is 0 Å². The number of carboxylic acid groups (broad SMARTS) is 1. The first-order valence-corrected chi connectivity index (χ1v) is 3.17. The van der Waals surface area contributed by atoms with Crippen LogP contribution in [-0.4, -0.2) is 28.3 Å². The molecule has 60 valence electrons. The smallest absolute Gasteiger partial charge is 0.335 e. The largest absolute Gasteiger partial charge is 0.479 e. The Labute approximate surface area is 63.8 Å². The highest BCUT2D eigenvalue weighted by Crippen LogP contribution is 2.09. The molecule has 0 amide bonds. The highest BCUT2D eigenvalue weighted by molar-refractivity contribution is 5.82. The molecule has 4 nitrogen and oxygen atoms in total. The van der Waals surface area contributed by atoms with Crippen LogP contribution in [0.2, 0.25) is 0 Å². The minimum absolute atomic E-state index is 0.455. The minimum atomic E-state index is -1.32. The van der Waals surface area contributed by atoms with E-state index in [4.69, 9.17) is 10.2 Å². The van der Waals surface area contributed by atoms with Gasteiger partial charge in [0, 0.05) is 0 Å². The predicted octanol–water partition coefficient (Wildman–Crippen LogP) is -0.525. The molecule has 1 aliphatic heterocycles. The summed E-state index contributed by atoms with van der Waals surface area (Å²) in [4.78, 5) is 10.6. The van der Waals surface area contributed by atoms with Gasteiger partial charge in [-0.25, -0.2) is 4.79 Å². The Morgan fingerprint density at radius 3 is 2.55 bits per heavy atom. The zero-order valence-electron chi connectivity index (χ0n) is 5.82. The molecular weight excluding hydrogens is 146 g/mol. The lowest BCUT2D eigenvalue weighted by Crippen LogP contribution is -2.52. The molecule has 4 heteroatoms. The second-order valence-corrected chi connectivity index (χ2v) is 2.30. The molecule has 0 spiro atoms. The molecule has 0 aromatic heterocycles. The third-order valence-electron chi connectivity index (χ3n) is 1.56. The molecule has 0 radical (unpaired) electrons. The van der Waals surface area contributed by atoms with Crippen molar-refractivity contribution >= 4 is 5.97 Å². The van der Waals surface area contributed by atoms with Crippen LogP contribution < -0.4 is 5.32 Å². The van der Waals surface area contributed by atoms with Gasteiger partial charge in [0.05, 0.1) is 6.61 Å². The molecule has 1 rings (SSSR count). The summed E-state index contributed by atoms with van der Waals surface area (Å²) in [7, 11) is 0. The average molecular weight is 155 g/mol. The zero-order valence-corrected chi connectivity index (χ0v) is 5.82.